The summed E-state index contributed by atoms with van der Waals surface area (Å²) in [5, 5.41) is 8.70. The predicted octanol–water partition coefficient (Wildman–Crippen LogP) is 1.85. The van der Waals surface area contributed by atoms with Gasteiger partial charge in [0.15, 0.2) is 5.82 Å². The molecule has 2 aliphatic heterocycles. The number of likely N-dealkylation sites (N-methyl/N-ethyl adjacent to an activating group) is 1. The molecule has 132 valence electrons. The number of ether oxygens (including phenoxy) is 1. The van der Waals surface area contributed by atoms with E-state index in [1.54, 1.807) is 0 Å². The summed E-state index contributed by atoms with van der Waals surface area (Å²) in [5.41, 5.74) is 1.01. The minimum Gasteiger partial charge on any atom is -0.381 e. The summed E-state index contributed by atoms with van der Waals surface area (Å²) >= 11 is 0. The van der Waals surface area contributed by atoms with E-state index in [1.807, 2.05) is 24.1 Å². The van der Waals surface area contributed by atoms with Crippen LogP contribution in [0.1, 0.15) is 39.3 Å². The Hall–Kier alpha value is -1.69. The molecule has 0 aromatic carbocycles. The topological polar surface area (TPSA) is 58.6 Å². The lowest BCUT2D eigenvalue weighted by Crippen LogP contribution is -2.61. The van der Waals surface area contributed by atoms with Gasteiger partial charge in [-0.1, -0.05) is 20.8 Å². The monoisotopic (exact) mass is 332 g/mol. The molecular formula is C18H28N4O2. The average molecular weight is 332 g/mol. The van der Waals surface area contributed by atoms with Gasteiger partial charge in [0.2, 0.25) is 5.91 Å². The smallest absolute Gasteiger partial charge is 0.225 e. The molecule has 0 N–H and O–H groups in total. The fraction of sp³-hybridized carbons (Fsp3) is 0.722. The maximum absolute atomic E-state index is 12.6. The molecule has 2 aliphatic rings. The number of hydrogen-bond acceptors (Lipinski definition) is 5. The molecule has 0 atom stereocenters. The van der Waals surface area contributed by atoms with Gasteiger partial charge in [0.1, 0.15) is 0 Å². The first-order valence-corrected chi connectivity index (χ1v) is 8.80. The lowest BCUT2D eigenvalue weighted by Gasteiger charge is -2.45. The Labute approximate surface area is 144 Å². The first-order valence-electron chi connectivity index (χ1n) is 8.80. The summed E-state index contributed by atoms with van der Waals surface area (Å²) in [6, 6.07) is 4.35. The van der Waals surface area contributed by atoms with Gasteiger partial charge in [-0.2, -0.15) is 5.10 Å². The number of amides is 1. The second kappa shape index (κ2) is 6.67. The van der Waals surface area contributed by atoms with Crippen molar-refractivity contribution in [3.63, 3.8) is 0 Å². The molecule has 3 rings (SSSR count). The highest BCUT2D eigenvalue weighted by Crippen LogP contribution is 2.26. The molecule has 1 aromatic rings. The van der Waals surface area contributed by atoms with Gasteiger partial charge in [-0.3, -0.25) is 4.79 Å². The number of carbonyl (C=O) groups excluding carboxylic acids is 1. The third kappa shape index (κ3) is 3.53. The minimum absolute atomic E-state index is 0.0133. The van der Waals surface area contributed by atoms with E-state index in [1.165, 1.54) is 0 Å². The van der Waals surface area contributed by atoms with E-state index in [0.29, 0.717) is 13.2 Å². The molecule has 2 fully saturated rings. The van der Waals surface area contributed by atoms with Crippen LogP contribution in [0.15, 0.2) is 12.1 Å². The molecule has 0 spiro atoms. The van der Waals surface area contributed by atoms with Crippen molar-refractivity contribution in [3.8, 4) is 0 Å². The Bertz CT molecular complexity index is 570. The zero-order chi connectivity index (χ0) is 17.3. The van der Waals surface area contributed by atoms with Crippen molar-refractivity contribution in [1.82, 2.24) is 15.1 Å². The lowest BCUT2D eigenvalue weighted by molar-refractivity contribution is -0.139. The Balaban J connectivity index is 1.54. The predicted molar refractivity (Wildman–Crippen MR) is 93.0 cm³/mol. The molecule has 0 saturated carbocycles. The molecule has 1 amide bonds. The fourth-order valence-electron chi connectivity index (χ4n) is 3.19. The maximum atomic E-state index is 12.6. The summed E-state index contributed by atoms with van der Waals surface area (Å²) in [6.07, 6.45) is 1.69. The average Bonchev–Trinajstić information content (AvgIpc) is 2.53. The van der Waals surface area contributed by atoms with E-state index >= 15 is 0 Å². The van der Waals surface area contributed by atoms with E-state index in [-0.39, 0.29) is 23.3 Å². The first-order chi connectivity index (χ1) is 11.4. The molecule has 0 unspecified atom stereocenters. The molecule has 0 radical (unpaired) electrons. The number of nitrogens with zero attached hydrogens (tertiary/aromatic N) is 4. The van der Waals surface area contributed by atoms with Crippen LogP contribution in [0.4, 0.5) is 5.82 Å². The SMILES string of the molecule is CN(C(=O)C1CCOCC1)C1CN(c2ccc(C(C)(C)C)nn2)C1. The van der Waals surface area contributed by atoms with Gasteiger partial charge in [-0.05, 0) is 25.0 Å². The normalized spacial score (nSPS) is 19.9. The molecule has 6 nitrogen and oxygen atoms in total. The van der Waals surface area contributed by atoms with Crippen LogP contribution in [0.5, 0.6) is 0 Å². The zero-order valence-corrected chi connectivity index (χ0v) is 15.2. The second-order valence-corrected chi connectivity index (χ2v) is 7.92. The van der Waals surface area contributed by atoms with Crippen molar-refractivity contribution < 1.29 is 9.53 Å². The number of rotatable bonds is 3. The van der Waals surface area contributed by atoms with Crippen LogP contribution >= 0.6 is 0 Å². The first kappa shape index (κ1) is 17.1. The van der Waals surface area contributed by atoms with Gasteiger partial charge in [0.25, 0.3) is 0 Å². The third-order valence-electron chi connectivity index (χ3n) is 5.07. The highest BCUT2D eigenvalue weighted by molar-refractivity contribution is 5.79. The van der Waals surface area contributed by atoms with Crippen LogP contribution in [0.25, 0.3) is 0 Å². The molecule has 1 aromatic heterocycles. The van der Waals surface area contributed by atoms with E-state index in [0.717, 1.165) is 37.4 Å². The molecule has 0 bridgehead atoms. The quantitative estimate of drug-likeness (QED) is 0.845. The van der Waals surface area contributed by atoms with Crippen LogP contribution in [-0.4, -0.2) is 60.4 Å². The highest BCUT2D eigenvalue weighted by atomic mass is 16.5. The molecule has 2 saturated heterocycles. The van der Waals surface area contributed by atoms with E-state index in [9.17, 15) is 4.79 Å². The molecule has 0 aliphatic carbocycles. The van der Waals surface area contributed by atoms with E-state index in [4.69, 9.17) is 4.74 Å². The van der Waals surface area contributed by atoms with Crippen LogP contribution in [0.3, 0.4) is 0 Å². The van der Waals surface area contributed by atoms with Gasteiger partial charge in [0.05, 0.1) is 11.7 Å². The van der Waals surface area contributed by atoms with Crippen molar-refractivity contribution in [3.05, 3.63) is 17.8 Å². The van der Waals surface area contributed by atoms with Gasteiger partial charge in [0, 0.05) is 44.7 Å². The van der Waals surface area contributed by atoms with E-state index in [2.05, 4.69) is 35.9 Å². The Kier molecular flexibility index (Phi) is 4.76. The van der Waals surface area contributed by atoms with Gasteiger partial charge in [-0.15, -0.1) is 5.10 Å². The third-order valence-corrected chi connectivity index (χ3v) is 5.07. The van der Waals surface area contributed by atoms with Crippen LogP contribution < -0.4 is 4.90 Å². The molecule has 6 heteroatoms. The summed E-state index contributed by atoms with van der Waals surface area (Å²) in [4.78, 5) is 16.7. The van der Waals surface area contributed by atoms with Crippen molar-refractivity contribution in [2.75, 3.05) is 38.3 Å². The van der Waals surface area contributed by atoms with Crippen LogP contribution in [0.2, 0.25) is 0 Å². The number of aromatic nitrogens is 2. The number of carbonyl (C=O) groups is 1. The Morgan fingerprint density at radius 1 is 1.21 bits per heavy atom. The second-order valence-electron chi connectivity index (χ2n) is 7.92. The van der Waals surface area contributed by atoms with Crippen molar-refractivity contribution >= 4 is 11.7 Å². The summed E-state index contributed by atoms with van der Waals surface area (Å²) in [7, 11) is 1.92. The van der Waals surface area contributed by atoms with Crippen molar-refractivity contribution in [2.45, 2.75) is 45.1 Å². The summed E-state index contributed by atoms with van der Waals surface area (Å²) in [5.74, 6) is 1.28. The van der Waals surface area contributed by atoms with Gasteiger partial charge >= 0.3 is 0 Å². The zero-order valence-electron chi connectivity index (χ0n) is 15.2. The van der Waals surface area contributed by atoms with Crippen LogP contribution in [0, 0.1) is 5.92 Å². The lowest BCUT2D eigenvalue weighted by atomic mass is 9.92. The minimum atomic E-state index is 0.0133. The highest BCUT2D eigenvalue weighted by Gasteiger charge is 2.36. The van der Waals surface area contributed by atoms with E-state index < -0.39 is 0 Å². The number of hydrogen-bond donors (Lipinski definition) is 0. The number of anilines is 1. The van der Waals surface area contributed by atoms with Gasteiger partial charge < -0.3 is 14.5 Å². The molecular weight excluding hydrogens is 304 g/mol. The Morgan fingerprint density at radius 2 is 1.88 bits per heavy atom. The molecule has 24 heavy (non-hydrogen) atoms. The maximum Gasteiger partial charge on any atom is 0.225 e. The fourth-order valence-corrected chi connectivity index (χ4v) is 3.19. The Morgan fingerprint density at radius 3 is 2.42 bits per heavy atom. The summed E-state index contributed by atoms with van der Waals surface area (Å²) in [6.45, 7) is 9.46. The van der Waals surface area contributed by atoms with Gasteiger partial charge in [-0.25, -0.2) is 0 Å². The van der Waals surface area contributed by atoms with Crippen molar-refractivity contribution in [2.24, 2.45) is 5.92 Å². The molecule has 3 heterocycles. The summed E-state index contributed by atoms with van der Waals surface area (Å²) < 4.78 is 5.34. The standard InChI is InChI=1S/C18H28N4O2/c1-18(2,3)15-5-6-16(20-19-15)22-11-14(12-22)21(4)17(23)13-7-9-24-10-8-13/h5-6,13-14H,7-12H2,1-4H3. The largest absolute Gasteiger partial charge is 0.381 e. The van der Waals surface area contributed by atoms with Crippen LogP contribution in [-0.2, 0) is 14.9 Å². The van der Waals surface area contributed by atoms with Crippen molar-refractivity contribution in [1.29, 1.82) is 0 Å².